The Morgan fingerprint density at radius 1 is 1.03 bits per heavy atom. The molecule has 6 rings (SSSR count). The van der Waals surface area contributed by atoms with Gasteiger partial charge in [-0.1, -0.05) is 37.3 Å². The smallest absolute Gasteiger partial charge is 0.254 e. The summed E-state index contributed by atoms with van der Waals surface area (Å²) in [6.45, 7) is 3.14. The maximum Gasteiger partial charge on any atom is 0.254 e. The van der Waals surface area contributed by atoms with Gasteiger partial charge in [-0.25, -0.2) is 9.50 Å². The molecular weight excluding hydrogens is 410 g/mol. The normalized spacial score (nSPS) is 22.5. The highest BCUT2D eigenvalue weighted by Gasteiger charge is 2.41. The number of benzene rings is 1. The number of hydrogen-bond acceptors (Lipinski definition) is 4. The SMILES string of the molecule is C[C@@H]1CC[C@H]2CCCN(C(=O)c3ccnc(-c4cnn5ccc(-c6ccccc6)nc45)c3)[C@H]21. The van der Waals surface area contributed by atoms with Crippen LogP contribution in [0, 0.1) is 11.8 Å². The van der Waals surface area contributed by atoms with Gasteiger partial charge in [0.05, 0.1) is 23.1 Å². The van der Waals surface area contributed by atoms with Gasteiger partial charge in [0, 0.05) is 36.1 Å². The van der Waals surface area contributed by atoms with E-state index in [0.29, 0.717) is 23.4 Å². The van der Waals surface area contributed by atoms with Crippen molar-refractivity contribution in [3.63, 3.8) is 0 Å². The molecule has 4 heterocycles. The number of piperidine rings is 1. The third kappa shape index (κ3) is 3.50. The molecule has 1 saturated heterocycles. The first-order valence-electron chi connectivity index (χ1n) is 11.9. The van der Waals surface area contributed by atoms with Gasteiger partial charge >= 0.3 is 0 Å². The van der Waals surface area contributed by atoms with E-state index in [4.69, 9.17) is 4.98 Å². The summed E-state index contributed by atoms with van der Waals surface area (Å²) < 4.78 is 1.76. The van der Waals surface area contributed by atoms with Crippen LogP contribution in [0.3, 0.4) is 0 Å². The molecule has 0 unspecified atom stereocenters. The molecular formula is C27H27N5O. The maximum absolute atomic E-state index is 13.6. The quantitative estimate of drug-likeness (QED) is 0.447. The van der Waals surface area contributed by atoms with Crippen LogP contribution in [-0.4, -0.2) is 43.0 Å². The molecule has 0 bridgehead atoms. The highest BCUT2D eigenvalue weighted by Crippen LogP contribution is 2.41. The number of pyridine rings is 1. The molecule has 0 N–H and O–H groups in total. The van der Waals surface area contributed by atoms with Crippen LogP contribution in [0.25, 0.3) is 28.2 Å². The monoisotopic (exact) mass is 437 g/mol. The molecule has 3 aromatic heterocycles. The molecule has 2 fully saturated rings. The molecule has 33 heavy (non-hydrogen) atoms. The molecule has 6 heteroatoms. The number of likely N-dealkylation sites (tertiary alicyclic amines) is 1. The standard InChI is InChI=1S/C27H27N5O/c1-18-9-10-20-8-5-14-31(25(18)20)27(33)21-11-13-28-24(16-21)22-17-29-32-15-12-23(30-26(22)32)19-6-3-2-4-7-19/h2-4,6-7,11-13,15-18,20,25H,5,8-10,14H2,1H3/t18-,20-,25+/m1/s1. The fraction of sp³-hybridized carbons (Fsp3) is 0.333. The number of rotatable bonds is 3. The third-order valence-corrected chi connectivity index (χ3v) is 7.37. The predicted octanol–water partition coefficient (Wildman–Crippen LogP) is 5.11. The first-order chi connectivity index (χ1) is 16.2. The highest BCUT2D eigenvalue weighted by molar-refractivity contribution is 5.96. The number of hydrogen-bond donors (Lipinski definition) is 0. The lowest BCUT2D eigenvalue weighted by molar-refractivity contribution is 0.0483. The van der Waals surface area contributed by atoms with Gasteiger partial charge in [-0.3, -0.25) is 9.78 Å². The van der Waals surface area contributed by atoms with E-state index in [0.717, 1.165) is 41.1 Å². The van der Waals surface area contributed by atoms with E-state index in [1.54, 1.807) is 16.9 Å². The number of fused-ring (bicyclic) bond motifs is 2. The summed E-state index contributed by atoms with van der Waals surface area (Å²) in [6.07, 6.45) is 10.2. The summed E-state index contributed by atoms with van der Waals surface area (Å²) in [5.74, 6) is 1.34. The van der Waals surface area contributed by atoms with Crippen molar-refractivity contribution in [1.29, 1.82) is 0 Å². The van der Waals surface area contributed by atoms with Crippen LogP contribution >= 0.6 is 0 Å². The van der Waals surface area contributed by atoms with Gasteiger partial charge in [0.2, 0.25) is 0 Å². The average Bonchev–Trinajstić information content (AvgIpc) is 3.47. The van der Waals surface area contributed by atoms with E-state index >= 15 is 0 Å². The lowest BCUT2D eigenvalue weighted by Gasteiger charge is -2.40. The third-order valence-electron chi connectivity index (χ3n) is 7.37. The zero-order valence-electron chi connectivity index (χ0n) is 18.8. The van der Waals surface area contributed by atoms with E-state index in [-0.39, 0.29) is 5.91 Å². The molecule has 1 aliphatic carbocycles. The number of carbonyl (C=O) groups is 1. The van der Waals surface area contributed by atoms with Crippen LogP contribution in [0.15, 0.2) is 67.1 Å². The van der Waals surface area contributed by atoms with Crippen molar-refractivity contribution >= 4 is 11.6 Å². The molecule has 0 radical (unpaired) electrons. The zero-order valence-corrected chi connectivity index (χ0v) is 18.8. The van der Waals surface area contributed by atoms with Gasteiger partial charge < -0.3 is 4.90 Å². The van der Waals surface area contributed by atoms with Gasteiger partial charge in [0.25, 0.3) is 5.91 Å². The molecule has 166 valence electrons. The minimum Gasteiger partial charge on any atom is -0.335 e. The van der Waals surface area contributed by atoms with Crippen LogP contribution in [0.5, 0.6) is 0 Å². The van der Waals surface area contributed by atoms with E-state index in [2.05, 4.69) is 21.9 Å². The molecule has 2 aliphatic rings. The summed E-state index contributed by atoms with van der Waals surface area (Å²) >= 11 is 0. The van der Waals surface area contributed by atoms with Crippen molar-refractivity contribution in [2.75, 3.05) is 6.54 Å². The Morgan fingerprint density at radius 3 is 2.79 bits per heavy atom. The number of amides is 1. The summed E-state index contributed by atoms with van der Waals surface area (Å²) in [6, 6.07) is 16.2. The van der Waals surface area contributed by atoms with E-state index < -0.39 is 0 Å². The Balaban J connectivity index is 1.36. The molecule has 4 aromatic rings. The van der Waals surface area contributed by atoms with Crippen LogP contribution < -0.4 is 0 Å². The molecule has 1 aromatic carbocycles. The summed E-state index contributed by atoms with van der Waals surface area (Å²) in [4.78, 5) is 25.1. The fourth-order valence-electron chi connectivity index (χ4n) is 5.77. The van der Waals surface area contributed by atoms with Crippen LogP contribution in [-0.2, 0) is 0 Å². The molecule has 0 spiro atoms. The Morgan fingerprint density at radius 2 is 1.91 bits per heavy atom. The minimum absolute atomic E-state index is 0.122. The Bertz CT molecular complexity index is 1310. The average molecular weight is 438 g/mol. The molecule has 1 amide bonds. The van der Waals surface area contributed by atoms with Crippen molar-refractivity contribution in [3.05, 3.63) is 72.7 Å². The zero-order chi connectivity index (χ0) is 22.4. The van der Waals surface area contributed by atoms with Crippen molar-refractivity contribution in [2.45, 2.75) is 38.6 Å². The summed E-state index contributed by atoms with van der Waals surface area (Å²) in [7, 11) is 0. The Hall–Kier alpha value is -3.54. The summed E-state index contributed by atoms with van der Waals surface area (Å²) in [5, 5.41) is 4.47. The van der Waals surface area contributed by atoms with Gasteiger partial charge in [-0.05, 0) is 55.7 Å². The number of nitrogens with zero attached hydrogens (tertiary/aromatic N) is 5. The minimum atomic E-state index is 0.122. The van der Waals surface area contributed by atoms with Gasteiger partial charge in [-0.15, -0.1) is 0 Å². The lowest BCUT2D eigenvalue weighted by atomic mass is 9.88. The van der Waals surface area contributed by atoms with Crippen molar-refractivity contribution in [3.8, 4) is 22.5 Å². The second kappa shape index (κ2) is 8.10. The molecule has 6 nitrogen and oxygen atoms in total. The van der Waals surface area contributed by atoms with Crippen LogP contribution in [0.4, 0.5) is 0 Å². The second-order valence-corrected chi connectivity index (χ2v) is 9.38. The summed E-state index contributed by atoms with van der Waals surface area (Å²) in [5.41, 5.74) is 4.91. The number of carbonyl (C=O) groups excluding carboxylic acids is 1. The maximum atomic E-state index is 13.6. The molecule has 1 aliphatic heterocycles. The fourth-order valence-corrected chi connectivity index (χ4v) is 5.77. The van der Waals surface area contributed by atoms with E-state index in [1.807, 2.05) is 54.7 Å². The molecule has 3 atom stereocenters. The number of aromatic nitrogens is 4. The second-order valence-electron chi connectivity index (χ2n) is 9.38. The Labute approximate surface area is 193 Å². The van der Waals surface area contributed by atoms with E-state index in [1.165, 1.54) is 19.3 Å². The largest absolute Gasteiger partial charge is 0.335 e. The first-order valence-corrected chi connectivity index (χ1v) is 11.9. The van der Waals surface area contributed by atoms with E-state index in [9.17, 15) is 4.79 Å². The van der Waals surface area contributed by atoms with Crippen LogP contribution in [0.1, 0.15) is 43.0 Å². The van der Waals surface area contributed by atoms with Gasteiger partial charge in [0.1, 0.15) is 0 Å². The predicted molar refractivity (Wildman–Crippen MR) is 128 cm³/mol. The lowest BCUT2D eigenvalue weighted by Crippen LogP contribution is -2.48. The highest BCUT2D eigenvalue weighted by atomic mass is 16.2. The van der Waals surface area contributed by atoms with Crippen LogP contribution in [0.2, 0.25) is 0 Å². The molecule has 1 saturated carbocycles. The van der Waals surface area contributed by atoms with Gasteiger partial charge in [-0.2, -0.15) is 5.10 Å². The first kappa shape index (κ1) is 20.1. The van der Waals surface area contributed by atoms with Crippen molar-refractivity contribution in [2.24, 2.45) is 11.8 Å². The Kier molecular flexibility index (Phi) is 4.93. The van der Waals surface area contributed by atoms with Crippen molar-refractivity contribution in [1.82, 2.24) is 24.5 Å². The topological polar surface area (TPSA) is 63.4 Å². The van der Waals surface area contributed by atoms with Crippen molar-refractivity contribution < 1.29 is 4.79 Å². The van der Waals surface area contributed by atoms with Gasteiger partial charge in [0.15, 0.2) is 5.65 Å².